The first kappa shape index (κ1) is 13.9. The maximum Gasteiger partial charge on any atom is 0.0817 e. The minimum absolute atomic E-state index is 0.169. The summed E-state index contributed by atoms with van der Waals surface area (Å²) in [5.74, 6) is 1.68. The van der Waals surface area contributed by atoms with E-state index in [1.165, 1.54) is 57.8 Å². The van der Waals surface area contributed by atoms with Crippen molar-refractivity contribution in [2.24, 2.45) is 11.8 Å². The lowest BCUT2D eigenvalue weighted by Crippen LogP contribution is -2.62. The molecule has 0 aromatic carbocycles. The van der Waals surface area contributed by atoms with E-state index < -0.39 is 0 Å². The summed E-state index contributed by atoms with van der Waals surface area (Å²) in [7, 11) is 0. The third-order valence-corrected chi connectivity index (χ3v) is 5.88. The second-order valence-electron chi connectivity index (χ2n) is 7.73. The molecule has 2 heteroatoms. The van der Waals surface area contributed by atoms with Gasteiger partial charge in [-0.3, -0.25) is 0 Å². The van der Waals surface area contributed by atoms with Crippen LogP contribution in [0.25, 0.3) is 0 Å². The van der Waals surface area contributed by atoms with E-state index in [0.717, 1.165) is 24.9 Å². The molecule has 19 heavy (non-hydrogen) atoms. The van der Waals surface area contributed by atoms with E-state index in [4.69, 9.17) is 4.74 Å². The zero-order chi connectivity index (χ0) is 13.3. The Balaban J connectivity index is 1.72. The molecular formula is C17H31NO. The van der Waals surface area contributed by atoms with Gasteiger partial charge in [0.2, 0.25) is 0 Å². The SMILES string of the molecule is CC(C)C1CCCC2(CNCC3(CCCCC3)O2)C1. The summed E-state index contributed by atoms with van der Waals surface area (Å²) >= 11 is 0. The topological polar surface area (TPSA) is 21.3 Å². The van der Waals surface area contributed by atoms with E-state index in [9.17, 15) is 0 Å². The third kappa shape index (κ3) is 2.85. The van der Waals surface area contributed by atoms with Gasteiger partial charge in [-0.15, -0.1) is 0 Å². The summed E-state index contributed by atoms with van der Waals surface area (Å²) in [6.07, 6.45) is 12.1. The standard InChI is InChI=1S/C17H31NO/c1-14(2)15-7-6-10-17(11-15)13-18-12-16(19-17)8-4-3-5-9-16/h14-15,18H,3-13H2,1-2H3. The first-order valence-corrected chi connectivity index (χ1v) is 8.54. The van der Waals surface area contributed by atoms with Gasteiger partial charge in [0.25, 0.3) is 0 Å². The molecule has 0 aromatic rings. The van der Waals surface area contributed by atoms with Crippen LogP contribution in [0.5, 0.6) is 0 Å². The van der Waals surface area contributed by atoms with Crippen LogP contribution >= 0.6 is 0 Å². The van der Waals surface area contributed by atoms with Gasteiger partial charge in [-0.05, 0) is 43.9 Å². The zero-order valence-electron chi connectivity index (χ0n) is 12.8. The molecule has 0 aromatic heterocycles. The number of rotatable bonds is 1. The molecule has 0 radical (unpaired) electrons. The highest BCUT2D eigenvalue weighted by molar-refractivity contribution is 5.00. The number of nitrogens with one attached hydrogen (secondary N) is 1. The number of ether oxygens (including phenoxy) is 1. The molecule has 3 aliphatic rings. The van der Waals surface area contributed by atoms with E-state index in [-0.39, 0.29) is 11.2 Å². The average Bonchev–Trinajstić information content (AvgIpc) is 2.39. The molecular weight excluding hydrogens is 234 g/mol. The van der Waals surface area contributed by atoms with Crippen molar-refractivity contribution in [3.05, 3.63) is 0 Å². The van der Waals surface area contributed by atoms with Crippen LogP contribution in [-0.2, 0) is 4.74 Å². The fraction of sp³-hybridized carbons (Fsp3) is 1.00. The summed E-state index contributed by atoms with van der Waals surface area (Å²) in [5, 5.41) is 3.74. The van der Waals surface area contributed by atoms with Crippen LogP contribution in [0, 0.1) is 11.8 Å². The van der Waals surface area contributed by atoms with Crippen LogP contribution in [0.2, 0.25) is 0 Å². The van der Waals surface area contributed by atoms with Crippen molar-refractivity contribution in [2.75, 3.05) is 13.1 Å². The first-order chi connectivity index (χ1) is 9.13. The van der Waals surface area contributed by atoms with Crippen molar-refractivity contribution in [3.63, 3.8) is 0 Å². The maximum atomic E-state index is 6.86. The predicted molar refractivity (Wildman–Crippen MR) is 79.3 cm³/mol. The fourth-order valence-electron chi connectivity index (χ4n) is 4.72. The minimum atomic E-state index is 0.169. The fourth-order valence-corrected chi connectivity index (χ4v) is 4.72. The van der Waals surface area contributed by atoms with Gasteiger partial charge in [0.1, 0.15) is 0 Å². The molecule has 1 aliphatic heterocycles. The molecule has 1 heterocycles. The van der Waals surface area contributed by atoms with Gasteiger partial charge in [0.05, 0.1) is 11.2 Å². The minimum Gasteiger partial charge on any atom is -0.366 e. The highest BCUT2D eigenvalue weighted by atomic mass is 16.5. The summed E-state index contributed by atoms with van der Waals surface area (Å²) in [4.78, 5) is 0. The Kier molecular flexibility index (Phi) is 3.92. The Morgan fingerprint density at radius 3 is 2.37 bits per heavy atom. The van der Waals surface area contributed by atoms with Gasteiger partial charge in [0, 0.05) is 13.1 Å². The number of hydrogen-bond acceptors (Lipinski definition) is 2. The molecule has 3 fully saturated rings. The van der Waals surface area contributed by atoms with Crippen molar-refractivity contribution in [3.8, 4) is 0 Å². The number of hydrogen-bond donors (Lipinski definition) is 1. The number of morpholine rings is 1. The smallest absolute Gasteiger partial charge is 0.0817 e. The van der Waals surface area contributed by atoms with Crippen molar-refractivity contribution in [1.82, 2.24) is 5.32 Å². The highest BCUT2D eigenvalue weighted by Crippen LogP contribution is 2.45. The lowest BCUT2D eigenvalue weighted by Gasteiger charge is -2.53. The monoisotopic (exact) mass is 265 g/mol. The lowest BCUT2D eigenvalue weighted by molar-refractivity contribution is -0.210. The first-order valence-electron chi connectivity index (χ1n) is 8.54. The van der Waals surface area contributed by atoms with Gasteiger partial charge in [-0.1, -0.05) is 39.5 Å². The van der Waals surface area contributed by atoms with Gasteiger partial charge in [0.15, 0.2) is 0 Å². The molecule has 2 saturated carbocycles. The van der Waals surface area contributed by atoms with Crippen molar-refractivity contribution in [1.29, 1.82) is 0 Å². The molecule has 0 amide bonds. The maximum absolute atomic E-state index is 6.86. The van der Waals surface area contributed by atoms with Crippen LogP contribution in [0.1, 0.15) is 71.6 Å². The van der Waals surface area contributed by atoms with Gasteiger partial charge in [-0.2, -0.15) is 0 Å². The molecule has 2 nitrogen and oxygen atoms in total. The Labute approximate surface area is 118 Å². The summed E-state index contributed by atoms with van der Waals surface area (Å²) in [6, 6.07) is 0. The van der Waals surface area contributed by atoms with Crippen molar-refractivity contribution in [2.45, 2.75) is 82.8 Å². The molecule has 1 N–H and O–H groups in total. The Morgan fingerprint density at radius 2 is 1.63 bits per heavy atom. The molecule has 2 atom stereocenters. The van der Waals surface area contributed by atoms with Gasteiger partial charge < -0.3 is 10.1 Å². The molecule has 0 bridgehead atoms. The Morgan fingerprint density at radius 1 is 0.947 bits per heavy atom. The molecule has 1 saturated heterocycles. The largest absolute Gasteiger partial charge is 0.366 e. The van der Waals surface area contributed by atoms with Gasteiger partial charge in [-0.25, -0.2) is 0 Å². The van der Waals surface area contributed by atoms with Crippen LogP contribution < -0.4 is 5.32 Å². The Bertz CT molecular complexity index is 299. The van der Waals surface area contributed by atoms with Gasteiger partial charge >= 0.3 is 0 Å². The summed E-state index contributed by atoms with van der Waals surface area (Å²) in [6.45, 7) is 6.96. The predicted octanol–water partition coefficient (Wildman–Crippen LogP) is 3.89. The van der Waals surface area contributed by atoms with E-state index in [0.29, 0.717) is 0 Å². The summed E-state index contributed by atoms with van der Waals surface area (Å²) < 4.78 is 6.86. The van der Waals surface area contributed by atoms with Crippen LogP contribution in [-0.4, -0.2) is 24.3 Å². The zero-order valence-corrected chi connectivity index (χ0v) is 12.8. The third-order valence-electron chi connectivity index (χ3n) is 5.88. The average molecular weight is 265 g/mol. The molecule has 2 unspecified atom stereocenters. The van der Waals surface area contributed by atoms with Crippen molar-refractivity contribution >= 4 is 0 Å². The quantitative estimate of drug-likeness (QED) is 0.776. The molecule has 2 aliphatic carbocycles. The normalized spacial score (nSPS) is 39.0. The van der Waals surface area contributed by atoms with E-state index >= 15 is 0 Å². The second-order valence-corrected chi connectivity index (χ2v) is 7.73. The van der Waals surface area contributed by atoms with E-state index in [1.54, 1.807) is 0 Å². The Hall–Kier alpha value is -0.0800. The van der Waals surface area contributed by atoms with Crippen LogP contribution in [0.15, 0.2) is 0 Å². The second kappa shape index (κ2) is 5.37. The molecule has 2 spiro atoms. The molecule has 3 rings (SSSR count). The van der Waals surface area contributed by atoms with E-state index in [2.05, 4.69) is 19.2 Å². The lowest BCUT2D eigenvalue weighted by atomic mass is 9.71. The summed E-state index contributed by atoms with van der Waals surface area (Å²) in [5.41, 5.74) is 0.359. The van der Waals surface area contributed by atoms with Crippen molar-refractivity contribution < 1.29 is 4.74 Å². The van der Waals surface area contributed by atoms with Crippen LogP contribution in [0.3, 0.4) is 0 Å². The highest BCUT2D eigenvalue weighted by Gasteiger charge is 2.48. The van der Waals surface area contributed by atoms with Crippen LogP contribution in [0.4, 0.5) is 0 Å². The molecule has 110 valence electrons. The van der Waals surface area contributed by atoms with E-state index in [1.807, 2.05) is 0 Å².